The maximum Gasteiger partial charge on any atom is 0.389 e. The summed E-state index contributed by atoms with van der Waals surface area (Å²) >= 11 is 5.73. The monoisotopic (exact) mass is 309 g/mol. The normalized spacial score (nSPS) is 14.9. The molecule has 0 saturated heterocycles. The Kier molecular flexibility index (Phi) is 3.73. The molecule has 1 aromatic rings. The summed E-state index contributed by atoms with van der Waals surface area (Å²) in [5, 5.41) is -0.0990. The third kappa shape index (κ3) is 2.63. The molecule has 20 heavy (non-hydrogen) atoms. The lowest BCUT2D eigenvalue weighted by Gasteiger charge is -2.17. The van der Waals surface area contributed by atoms with Crippen molar-refractivity contribution >= 4 is 29.0 Å². The van der Waals surface area contributed by atoms with Gasteiger partial charge in [-0.3, -0.25) is 9.59 Å². The summed E-state index contributed by atoms with van der Waals surface area (Å²) < 4.78 is 49.9. The van der Waals surface area contributed by atoms with E-state index < -0.39 is 43.1 Å². The molecule has 0 saturated carbocycles. The standard InChI is InChI=1S/C12H8ClF4NO2/c13-6-2-3-7(14)9-8(6)10(19)11(20)18(9)5-1-4-12(15,16)17/h2-3H,1,4-5H2. The molecule has 1 amide bonds. The number of ketones is 1. The predicted octanol–water partition coefficient (Wildman–Crippen LogP) is 3.35. The lowest BCUT2D eigenvalue weighted by atomic mass is 10.1. The van der Waals surface area contributed by atoms with Crippen molar-refractivity contribution in [3.05, 3.63) is 28.5 Å². The van der Waals surface area contributed by atoms with Crippen molar-refractivity contribution in [2.75, 3.05) is 11.4 Å². The second kappa shape index (κ2) is 5.05. The molecule has 0 aromatic heterocycles. The summed E-state index contributed by atoms with van der Waals surface area (Å²) in [5.74, 6) is -2.93. The van der Waals surface area contributed by atoms with Crippen LogP contribution < -0.4 is 4.90 Å². The summed E-state index contributed by atoms with van der Waals surface area (Å²) in [6, 6.07) is 2.09. The Labute approximate surface area is 116 Å². The molecule has 0 bridgehead atoms. The van der Waals surface area contributed by atoms with Crippen LogP contribution in [0.1, 0.15) is 23.2 Å². The van der Waals surface area contributed by atoms with E-state index in [1.54, 1.807) is 0 Å². The van der Waals surface area contributed by atoms with Crippen molar-refractivity contribution in [1.82, 2.24) is 0 Å². The number of nitrogens with zero attached hydrogens (tertiary/aromatic N) is 1. The molecule has 0 atom stereocenters. The van der Waals surface area contributed by atoms with Gasteiger partial charge in [0.05, 0.1) is 16.3 Å². The summed E-state index contributed by atoms with van der Waals surface area (Å²) in [5.41, 5.74) is -0.627. The first-order valence-corrected chi connectivity index (χ1v) is 6.01. The zero-order valence-corrected chi connectivity index (χ0v) is 10.7. The number of Topliss-reactive ketones (excluding diaryl/α,β-unsaturated/α-hetero) is 1. The van der Waals surface area contributed by atoms with Crippen LogP contribution in [0.3, 0.4) is 0 Å². The number of hydrogen-bond acceptors (Lipinski definition) is 2. The topological polar surface area (TPSA) is 37.4 Å². The number of hydrogen-bond donors (Lipinski definition) is 0. The Balaban J connectivity index is 2.27. The minimum atomic E-state index is -4.37. The molecule has 0 radical (unpaired) electrons. The Morgan fingerprint density at radius 1 is 1.20 bits per heavy atom. The van der Waals surface area contributed by atoms with Gasteiger partial charge >= 0.3 is 6.18 Å². The zero-order chi connectivity index (χ0) is 15.1. The van der Waals surface area contributed by atoms with Crippen LogP contribution in [0.4, 0.5) is 23.2 Å². The van der Waals surface area contributed by atoms with E-state index in [9.17, 15) is 27.2 Å². The summed E-state index contributed by atoms with van der Waals surface area (Å²) in [6.45, 7) is -0.394. The maximum atomic E-state index is 13.7. The van der Waals surface area contributed by atoms with Gasteiger partial charge in [0, 0.05) is 13.0 Å². The van der Waals surface area contributed by atoms with Crippen LogP contribution in [0.5, 0.6) is 0 Å². The van der Waals surface area contributed by atoms with E-state index in [1.165, 1.54) is 0 Å². The van der Waals surface area contributed by atoms with Crippen LogP contribution in [-0.4, -0.2) is 24.4 Å². The SMILES string of the molecule is O=C1C(=O)N(CCCC(F)(F)F)c2c(F)ccc(Cl)c21. The number of alkyl halides is 3. The molecule has 1 aliphatic heterocycles. The number of carbonyl (C=O) groups is 2. The summed E-state index contributed by atoms with van der Waals surface area (Å²) in [7, 11) is 0. The first-order valence-electron chi connectivity index (χ1n) is 5.63. The van der Waals surface area contributed by atoms with Crippen molar-refractivity contribution in [2.24, 2.45) is 0 Å². The first-order chi connectivity index (χ1) is 9.22. The summed E-state index contributed by atoms with van der Waals surface area (Å²) in [4.78, 5) is 24.1. The quantitative estimate of drug-likeness (QED) is 0.634. The molecule has 0 N–H and O–H groups in total. The smallest absolute Gasteiger partial charge is 0.302 e. The van der Waals surface area contributed by atoms with Crippen LogP contribution in [-0.2, 0) is 4.79 Å². The summed E-state index contributed by atoms with van der Waals surface area (Å²) in [6.07, 6.45) is -5.92. The fraction of sp³-hybridized carbons (Fsp3) is 0.333. The number of rotatable bonds is 3. The molecular formula is C12H8ClF4NO2. The van der Waals surface area contributed by atoms with Crippen LogP contribution in [0.2, 0.25) is 5.02 Å². The van der Waals surface area contributed by atoms with Gasteiger partial charge in [-0.1, -0.05) is 11.6 Å². The van der Waals surface area contributed by atoms with Gasteiger partial charge in [-0.25, -0.2) is 4.39 Å². The Bertz CT molecular complexity index is 586. The van der Waals surface area contributed by atoms with E-state index in [2.05, 4.69) is 0 Å². The van der Waals surface area contributed by atoms with Crippen LogP contribution in [0, 0.1) is 5.82 Å². The van der Waals surface area contributed by atoms with E-state index in [0.29, 0.717) is 4.90 Å². The maximum absolute atomic E-state index is 13.7. The average Bonchev–Trinajstić information content (AvgIpc) is 2.58. The molecule has 1 aromatic carbocycles. The minimum Gasteiger partial charge on any atom is -0.302 e. The Morgan fingerprint density at radius 3 is 2.45 bits per heavy atom. The number of anilines is 1. The Hall–Kier alpha value is -1.63. The highest BCUT2D eigenvalue weighted by Gasteiger charge is 2.40. The molecule has 108 valence electrons. The van der Waals surface area contributed by atoms with Gasteiger partial charge in [0.1, 0.15) is 5.82 Å². The molecule has 3 nitrogen and oxygen atoms in total. The van der Waals surface area contributed by atoms with E-state index >= 15 is 0 Å². The molecule has 0 aliphatic carbocycles. The highest BCUT2D eigenvalue weighted by Crippen LogP contribution is 2.37. The molecule has 2 rings (SSSR count). The highest BCUT2D eigenvalue weighted by molar-refractivity contribution is 6.55. The second-order valence-electron chi connectivity index (χ2n) is 4.26. The number of fused-ring (bicyclic) bond motifs is 1. The lowest BCUT2D eigenvalue weighted by molar-refractivity contribution is -0.135. The van der Waals surface area contributed by atoms with Gasteiger partial charge in [0.2, 0.25) is 0 Å². The van der Waals surface area contributed by atoms with Gasteiger partial charge in [-0.2, -0.15) is 13.2 Å². The van der Waals surface area contributed by atoms with Gasteiger partial charge in [0.15, 0.2) is 0 Å². The van der Waals surface area contributed by atoms with Gasteiger partial charge in [0.25, 0.3) is 11.7 Å². The molecular weight excluding hydrogens is 302 g/mol. The van der Waals surface area contributed by atoms with Crippen LogP contribution in [0.25, 0.3) is 0 Å². The number of amides is 1. The van der Waals surface area contributed by atoms with Crippen molar-refractivity contribution in [3.63, 3.8) is 0 Å². The Morgan fingerprint density at radius 2 is 1.85 bits per heavy atom. The molecule has 1 heterocycles. The largest absolute Gasteiger partial charge is 0.389 e. The van der Waals surface area contributed by atoms with E-state index in [-0.39, 0.29) is 16.3 Å². The third-order valence-corrected chi connectivity index (χ3v) is 3.17. The second-order valence-corrected chi connectivity index (χ2v) is 4.66. The fourth-order valence-corrected chi connectivity index (χ4v) is 2.24. The van der Waals surface area contributed by atoms with E-state index in [0.717, 1.165) is 12.1 Å². The lowest BCUT2D eigenvalue weighted by Crippen LogP contribution is -2.31. The predicted molar refractivity (Wildman–Crippen MR) is 63.4 cm³/mol. The van der Waals surface area contributed by atoms with E-state index in [4.69, 9.17) is 11.6 Å². The van der Waals surface area contributed by atoms with Crippen molar-refractivity contribution in [1.29, 1.82) is 0 Å². The molecule has 0 unspecified atom stereocenters. The first kappa shape index (κ1) is 14.8. The van der Waals surface area contributed by atoms with Crippen LogP contribution in [0.15, 0.2) is 12.1 Å². The fourth-order valence-electron chi connectivity index (χ4n) is 2.00. The van der Waals surface area contributed by atoms with Gasteiger partial charge < -0.3 is 4.90 Å². The van der Waals surface area contributed by atoms with Crippen molar-refractivity contribution in [3.8, 4) is 0 Å². The third-order valence-electron chi connectivity index (χ3n) is 2.86. The van der Waals surface area contributed by atoms with Crippen molar-refractivity contribution < 1.29 is 27.2 Å². The molecule has 0 fully saturated rings. The zero-order valence-electron chi connectivity index (χ0n) is 9.93. The van der Waals surface area contributed by atoms with E-state index in [1.807, 2.05) is 0 Å². The van der Waals surface area contributed by atoms with Crippen molar-refractivity contribution in [2.45, 2.75) is 19.0 Å². The van der Waals surface area contributed by atoms with Gasteiger partial charge in [-0.05, 0) is 18.6 Å². The van der Waals surface area contributed by atoms with Crippen LogP contribution >= 0.6 is 11.6 Å². The van der Waals surface area contributed by atoms with Gasteiger partial charge in [-0.15, -0.1) is 0 Å². The number of benzene rings is 1. The molecule has 1 aliphatic rings. The highest BCUT2D eigenvalue weighted by atomic mass is 35.5. The average molecular weight is 310 g/mol. The minimum absolute atomic E-state index is 0.0990. The molecule has 8 heteroatoms. The number of carbonyl (C=O) groups excluding carboxylic acids is 2. The number of halogens is 5. The molecule has 0 spiro atoms.